The van der Waals surface area contributed by atoms with Crippen molar-refractivity contribution in [2.45, 2.75) is 44.7 Å². The van der Waals surface area contributed by atoms with Gasteiger partial charge in [0.25, 0.3) is 0 Å². The lowest BCUT2D eigenvalue weighted by Crippen LogP contribution is -2.57. The van der Waals surface area contributed by atoms with E-state index in [4.69, 9.17) is 4.74 Å². The molecule has 156 valence electrons. The van der Waals surface area contributed by atoms with Gasteiger partial charge in [0.1, 0.15) is 0 Å². The molecule has 29 heavy (non-hydrogen) atoms. The molecule has 2 heterocycles. The van der Waals surface area contributed by atoms with Crippen LogP contribution in [-0.4, -0.2) is 69.5 Å². The molecule has 1 saturated carbocycles. The number of hydrogen-bond donors (Lipinski definition) is 2. The van der Waals surface area contributed by atoms with Crippen molar-refractivity contribution in [3.05, 3.63) is 24.3 Å². The van der Waals surface area contributed by atoms with E-state index in [1.54, 1.807) is 0 Å². The van der Waals surface area contributed by atoms with Gasteiger partial charge in [0.2, 0.25) is 0 Å². The minimum atomic E-state index is -0.200. The third-order valence-corrected chi connectivity index (χ3v) is 5.95. The maximum Gasteiger partial charge on any atom is 0.319 e. The number of nitrogens with zero attached hydrogens (tertiary/aromatic N) is 5. The van der Waals surface area contributed by atoms with Gasteiger partial charge in [0.05, 0.1) is 19.3 Å². The molecule has 9 nitrogen and oxygen atoms in total. The Morgan fingerprint density at radius 3 is 2.62 bits per heavy atom. The third kappa shape index (κ3) is 4.56. The molecule has 0 spiro atoms. The number of aromatic nitrogens is 4. The summed E-state index contributed by atoms with van der Waals surface area (Å²) in [7, 11) is 0. The van der Waals surface area contributed by atoms with Crippen LogP contribution in [0, 0.1) is 0 Å². The molecule has 2 fully saturated rings. The van der Waals surface area contributed by atoms with Crippen LogP contribution in [0.5, 0.6) is 0 Å². The van der Waals surface area contributed by atoms with Crippen LogP contribution in [0.3, 0.4) is 0 Å². The number of tetrazole rings is 1. The van der Waals surface area contributed by atoms with E-state index in [1.165, 1.54) is 0 Å². The molecule has 0 radical (unpaired) electrons. The van der Waals surface area contributed by atoms with E-state index < -0.39 is 0 Å². The van der Waals surface area contributed by atoms with Crippen LogP contribution in [0.2, 0.25) is 0 Å². The van der Waals surface area contributed by atoms with Gasteiger partial charge >= 0.3 is 6.03 Å². The average molecular weight is 399 g/mol. The molecule has 1 saturated heterocycles. The molecule has 1 aromatic carbocycles. The van der Waals surface area contributed by atoms with Gasteiger partial charge in [0.15, 0.2) is 5.82 Å². The fourth-order valence-electron chi connectivity index (χ4n) is 3.66. The summed E-state index contributed by atoms with van der Waals surface area (Å²) in [5, 5.41) is 18.0. The number of benzene rings is 1. The van der Waals surface area contributed by atoms with Gasteiger partial charge in [-0.2, -0.15) is 0 Å². The zero-order valence-electron chi connectivity index (χ0n) is 17.1. The molecule has 2 N–H and O–H groups in total. The normalized spacial score (nSPS) is 19.5. The van der Waals surface area contributed by atoms with Crippen molar-refractivity contribution in [2.75, 3.05) is 38.2 Å². The van der Waals surface area contributed by atoms with Gasteiger partial charge < -0.3 is 15.4 Å². The number of anilines is 1. The summed E-state index contributed by atoms with van der Waals surface area (Å²) in [4.78, 5) is 14.8. The second kappa shape index (κ2) is 8.46. The summed E-state index contributed by atoms with van der Waals surface area (Å²) >= 11 is 0. The Morgan fingerprint density at radius 1 is 1.24 bits per heavy atom. The van der Waals surface area contributed by atoms with E-state index in [1.807, 2.05) is 28.9 Å². The lowest BCUT2D eigenvalue weighted by molar-refractivity contribution is -0.0163. The van der Waals surface area contributed by atoms with Crippen molar-refractivity contribution in [1.82, 2.24) is 30.4 Å². The van der Waals surface area contributed by atoms with Crippen molar-refractivity contribution in [3.63, 3.8) is 0 Å². The van der Waals surface area contributed by atoms with Crippen LogP contribution in [0.1, 0.15) is 39.2 Å². The van der Waals surface area contributed by atoms with Crippen molar-refractivity contribution in [2.24, 2.45) is 0 Å². The summed E-state index contributed by atoms with van der Waals surface area (Å²) in [5.41, 5.74) is 1.60. The Labute approximate surface area is 170 Å². The van der Waals surface area contributed by atoms with Gasteiger partial charge in [-0.25, -0.2) is 9.48 Å². The van der Waals surface area contributed by atoms with E-state index in [-0.39, 0.29) is 11.6 Å². The van der Waals surface area contributed by atoms with E-state index >= 15 is 0 Å². The summed E-state index contributed by atoms with van der Waals surface area (Å²) < 4.78 is 7.33. The molecule has 4 rings (SSSR count). The molecule has 1 aliphatic heterocycles. The van der Waals surface area contributed by atoms with E-state index in [9.17, 15) is 4.79 Å². The second-order valence-electron chi connectivity index (χ2n) is 8.01. The van der Waals surface area contributed by atoms with Crippen molar-refractivity contribution in [1.29, 1.82) is 0 Å². The molecule has 2 aromatic rings. The number of morpholine rings is 1. The second-order valence-corrected chi connectivity index (χ2v) is 8.01. The van der Waals surface area contributed by atoms with E-state index in [2.05, 4.69) is 44.9 Å². The molecule has 0 bridgehead atoms. The molecular weight excluding hydrogens is 370 g/mol. The lowest BCUT2D eigenvalue weighted by atomic mass is 9.95. The zero-order valence-corrected chi connectivity index (χ0v) is 17.1. The van der Waals surface area contributed by atoms with Gasteiger partial charge in [-0.1, -0.05) is 6.92 Å². The fraction of sp³-hybridized carbons (Fsp3) is 0.600. The monoisotopic (exact) mass is 399 g/mol. The number of rotatable bonds is 7. The maximum absolute atomic E-state index is 12.4. The van der Waals surface area contributed by atoms with Crippen LogP contribution >= 0.6 is 0 Å². The van der Waals surface area contributed by atoms with Crippen LogP contribution in [0.25, 0.3) is 11.4 Å². The van der Waals surface area contributed by atoms with Gasteiger partial charge in [0, 0.05) is 36.4 Å². The largest absolute Gasteiger partial charge is 0.379 e. The highest BCUT2D eigenvalue weighted by atomic mass is 16.5. The summed E-state index contributed by atoms with van der Waals surface area (Å²) in [6.07, 6.45) is 3.20. The van der Waals surface area contributed by atoms with Gasteiger partial charge in [-0.3, -0.25) is 4.90 Å². The standard InChI is InChI=1S/C20H29N7O2/c1-3-20(2,26-10-12-29-13-11-26)14-21-19(28)22-16-6-4-15(5-7-16)18-23-24-25-27(18)17-8-9-17/h4-7,17H,3,8-14H2,1-2H3,(H2,21,22,28)/t20-/m0/s1. The minimum Gasteiger partial charge on any atom is -0.379 e. The highest BCUT2D eigenvalue weighted by Gasteiger charge is 2.31. The molecule has 2 amide bonds. The molecule has 1 atom stereocenters. The van der Waals surface area contributed by atoms with E-state index in [0.717, 1.165) is 62.6 Å². The van der Waals surface area contributed by atoms with Gasteiger partial charge in [-0.15, -0.1) is 5.10 Å². The molecule has 0 unspecified atom stereocenters. The first-order chi connectivity index (χ1) is 14.1. The molecule has 1 aliphatic carbocycles. The Bertz CT molecular complexity index is 828. The molecule has 1 aromatic heterocycles. The van der Waals surface area contributed by atoms with Crippen molar-refractivity contribution < 1.29 is 9.53 Å². The van der Waals surface area contributed by atoms with Crippen molar-refractivity contribution in [3.8, 4) is 11.4 Å². The topological polar surface area (TPSA) is 97.2 Å². The summed E-state index contributed by atoms with van der Waals surface area (Å²) in [6.45, 7) is 8.23. The van der Waals surface area contributed by atoms with Crippen LogP contribution in [0.15, 0.2) is 24.3 Å². The Hall–Kier alpha value is -2.52. The van der Waals surface area contributed by atoms with Crippen LogP contribution in [0.4, 0.5) is 10.5 Å². The van der Waals surface area contributed by atoms with Crippen LogP contribution < -0.4 is 10.6 Å². The first-order valence-electron chi connectivity index (χ1n) is 10.3. The van der Waals surface area contributed by atoms with Gasteiger partial charge in [-0.05, 0) is 60.9 Å². The number of carbonyl (C=O) groups is 1. The highest BCUT2D eigenvalue weighted by Crippen LogP contribution is 2.36. The Kier molecular flexibility index (Phi) is 5.77. The Balaban J connectivity index is 1.33. The quantitative estimate of drug-likeness (QED) is 0.741. The van der Waals surface area contributed by atoms with Crippen molar-refractivity contribution >= 4 is 11.7 Å². The van der Waals surface area contributed by atoms with E-state index in [0.29, 0.717) is 12.6 Å². The number of ether oxygens (including phenoxy) is 1. The number of carbonyl (C=O) groups excluding carboxylic acids is 1. The number of hydrogen-bond acceptors (Lipinski definition) is 6. The zero-order chi connectivity index (χ0) is 20.3. The lowest BCUT2D eigenvalue weighted by Gasteiger charge is -2.43. The smallest absolute Gasteiger partial charge is 0.319 e. The highest BCUT2D eigenvalue weighted by molar-refractivity contribution is 5.89. The summed E-state index contributed by atoms with van der Waals surface area (Å²) in [6, 6.07) is 7.84. The summed E-state index contributed by atoms with van der Waals surface area (Å²) in [5.74, 6) is 0.771. The number of amides is 2. The maximum atomic E-state index is 12.4. The molecule has 9 heteroatoms. The average Bonchev–Trinajstić information content (AvgIpc) is 3.49. The number of nitrogens with one attached hydrogen (secondary N) is 2. The first kappa shape index (κ1) is 19.8. The molecule has 2 aliphatic rings. The third-order valence-electron chi connectivity index (χ3n) is 5.95. The van der Waals surface area contributed by atoms with Crippen LogP contribution in [-0.2, 0) is 4.74 Å². The minimum absolute atomic E-state index is 0.0785. The first-order valence-corrected chi connectivity index (χ1v) is 10.3. The Morgan fingerprint density at radius 2 is 1.97 bits per heavy atom. The number of urea groups is 1. The predicted octanol–water partition coefficient (Wildman–Crippen LogP) is 2.30. The SMILES string of the molecule is CC[C@@](C)(CNC(=O)Nc1ccc(-c2nnnn2C2CC2)cc1)N1CCOCC1. The fourth-order valence-corrected chi connectivity index (χ4v) is 3.66. The predicted molar refractivity (Wildman–Crippen MR) is 110 cm³/mol. The molecular formula is C20H29N7O2.